The maximum atomic E-state index is 6.01. The van der Waals surface area contributed by atoms with Crippen molar-refractivity contribution in [2.45, 2.75) is 32.7 Å². The first-order chi connectivity index (χ1) is 6.13. The minimum Gasteiger partial charge on any atom is -0.323 e. The summed E-state index contributed by atoms with van der Waals surface area (Å²) in [6, 6.07) is 4.44. The maximum Gasteiger partial charge on any atom is 0.0427 e. The molecule has 0 aliphatic rings. The molecule has 1 rings (SSSR count). The number of rotatable bonds is 4. The minimum absolute atomic E-state index is 0.141. The van der Waals surface area contributed by atoms with Gasteiger partial charge in [0.05, 0.1) is 0 Å². The van der Waals surface area contributed by atoms with Gasteiger partial charge in [-0.15, -0.1) is 17.9 Å². The van der Waals surface area contributed by atoms with Crippen molar-refractivity contribution in [2.75, 3.05) is 0 Å². The Kier molecular flexibility index (Phi) is 3.70. The third-order valence-electron chi connectivity index (χ3n) is 1.96. The standard InChI is InChI=1S/C11H17NS/c1-4-9-5-6-11(13-9)10(12)7-8(2)3/h5-6,10H,2,4,7,12H2,1,3H3/t10-/m1/s1. The molecular weight excluding hydrogens is 178 g/mol. The van der Waals surface area contributed by atoms with Crippen LogP contribution in [0.5, 0.6) is 0 Å². The Morgan fingerprint density at radius 3 is 2.77 bits per heavy atom. The van der Waals surface area contributed by atoms with Crippen LogP contribution < -0.4 is 5.73 Å². The van der Waals surface area contributed by atoms with Crippen LogP contribution in [-0.2, 0) is 6.42 Å². The van der Waals surface area contributed by atoms with Crippen molar-refractivity contribution in [3.8, 4) is 0 Å². The first-order valence-corrected chi connectivity index (χ1v) is 5.43. The molecule has 0 aliphatic heterocycles. The van der Waals surface area contributed by atoms with Gasteiger partial charge in [0, 0.05) is 15.8 Å². The summed E-state index contributed by atoms with van der Waals surface area (Å²) in [5.74, 6) is 0. The lowest BCUT2D eigenvalue weighted by molar-refractivity contribution is 0.731. The average Bonchev–Trinajstić information content (AvgIpc) is 2.50. The summed E-state index contributed by atoms with van der Waals surface area (Å²) < 4.78 is 0. The SMILES string of the molecule is C=C(C)C[C@@H](N)c1ccc(CC)s1. The third-order valence-corrected chi connectivity index (χ3v) is 3.33. The molecule has 1 aromatic heterocycles. The molecule has 0 amide bonds. The monoisotopic (exact) mass is 195 g/mol. The zero-order chi connectivity index (χ0) is 9.84. The van der Waals surface area contributed by atoms with Gasteiger partial charge in [-0.3, -0.25) is 0 Å². The van der Waals surface area contributed by atoms with Crippen molar-refractivity contribution >= 4 is 11.3 Å². The van der Waals surface area contributed by atoms with Gasteiger partial charge >= 0.3 is 0 Å². The van der Waals surface area contributed by atoms with Gasteiger partial charge < -0.3 is 5.73 Å². The first-order valence-electron chi connectivity index (χ1n) is 4.62. The molecule has 1 atom stereocenters. The van der Waals surface area contributed by atoms with Crippen LogP contribution in [-0.4, -0.2) is 0 Å². The van der Waals surface area contributed by atoms with E-state index in [1.165, 1.54) is 9.75 Å². The fourth-order valence-corrected chi connectivity index (χ4v) is 2.21. The number of hydrogen-bond acceptors (Lipinski definition) is 2. The van der Waals surface area contributed by atoms with E-state index in [0.29, 0.717) is 0 Å². The van der Waals surface area contributed by atoms with E-state index in [2.05, 4.69) is 25.6 Å². The Hall–Kier alpha value is -0.600. The lowest BCUT2D eigenvalue weighted by Gasteiger charge is -2.08. The van der Waals surface area contributed by atoms with Gasteiger partial charge in [0.2, 0.25) is 0 Å². The number of nitrogens with two attached hydrogens (primary N) is 1. The quantitative estimate of drug-likeness (QED) is 0.733. The first kappa shape index (κ1) is 10.5. The van der Waals surface area contributed by atoms with E-state index in [1.807, 2.05) is 18.3 Å². The van der Waals surface area contributed by atoms with Crippen molar-refractivity contribution in [1.82, 2.24) is 0 Å². The van der Waals surface area contributed by atoms with E-state index in [-0.39, 0.29) is 6.04 Å². The highest BCUT2D eigenvalue weighted by Crippen LogP contribution is 2.25. The van der Waals surface area contributed by atoms with E-state index in [4.69, 9.17) is 5.73 Å². The van der Waals surface area contributed by atoms with Crippen LogP contribution in [0.15, 0.2) is 24.3 Å². The predicted molar refractivity (Wildman–Crippen MR) is 60.1 cm³/mol. The van der Waals surface area contributed by atoms with Gasteiger partial charge in [0.15, 0.2) is 0 Å². The molecule has 1 nitrogen and oxygen atoms in total. The van der Waals surface area contributed by atoms with Crippen molar-refractivity contribution in [1.29, 1.82) is 0 Å². The molecule has 2 heteroatoms. The third kappa shape index (κ3) is 2.98. The Balaban J connectivity index is 2.65. The van der Waals surface area contributed by atoms with Gasteiger partial charge in [-0.25, -0.2) is 0 Å². The normalized spacial score (nSPS) is 12.8. The minimum atomic E-state index is 0.141. The molecule has 72 valence electrons. The van der Waals surface area contributed by atoms with Gasteiger partial charge in [-0.05, 0) is 31.9 Å². The van der Waals surface area contributed by atoms with E-state index in [1.54, 1.807) is 0 Å². The highest BCUT2D eigenvalue weighted by Gasteiger charge is 2.08. The molecule has 0 bridgehead atoms. The van der Waals surface area contributed by atoms with Gasteiger partial charge in [0.25, 0.3) is 0 Å². The predicted octanol–water partition coefficient (Wildman–Crippen LogP) is 3.28. The summed E-state index contributed by atoms with van der Waals surface area (Å²) in [6.45, 7) is 8.06. The molecule has 0 saturated heterocycles. The van der Waals surface area contributed by atoms with Gasteiger partial charge in [0.1, 0.15) is 0 Å². The van der Waals surface area contributed by atoms with Crippen molar-refractivity contribution in [3.63, 3.8) is 0 Å². The highest BCUT2D eigenvalue weighted by atomic mass is 32.1. The molecule has 2 N–H and O–H groups in total. The Morgan fingerprint density at radius 1 is 1.62 bits per heavy atom. The molecular formula is C11H17NS. The molecule has 0 aliphatic carbocycles. The summed E-state index contributed by atoms with van der Waals surface area (Å²) in [7, 11) is 0. The molecule has 0 unspecified atom stereocenters. The smallest absolute Gasteiger partial charge is 0.0427 e. The van der Waals surface area contributed by atoms with E-state index in [9.17, 15) is 0 Å². The molecule has 0 radical (unpaired) electrons. The number of aryl methyl sites for hydroxylation is 1. The second-order valence-corrected chi connectivity index (χ2v) is 4.63. The Labute approximate surface area is 84.3 Å². The van der Waals surface area contributed by atoms with Crippen LogP contribution >= 0.6 is 11.3 Å². The summed E-state index contributed by atoms with van der Waals surface area (Å²) in [6.07, 6.45) is 1.99. The topological polar surface area (TPSA) is 26.0 Å². The second kappa shape index (κ2) is 4.58. The highest BCUT2D eigenvalue weighted by molar-refractivity contribution is 7.12. The average molecular weight is 195 g/mol. The van der Waals surface area contributed by atoms with E-state index < -0.39 is 0 Å². The van der Waals surface area contributed by atoms with Crippen molar-refractivity contribution < 1.29 is 0 Å². The summed E-state index contributed by atoms with van der Waals surface area (Å²) in [4.78, 5) is 2.69. The fourth-order valence-electron chi connectivity index (χ4n) is 1.26. The summed E-state index contributed by atoms with van der Waals surface area (Å²) >= 11 is 1.82. The molecule has 0 fully saturated rings. The molecule has 0 saturated carbocycles. The largest absolute Gasteiger partial charge is 0.323 e. The van der Waals surface area contributed by atoms with Gasteiger partial charge in [-0.1, -0.05) is 12.5 Å². The molecule has 0 aromatic carbocycles. The van der Waals surface area contributed by atoms with Gasteiger partial charge in [-0.2, -0.15) is 0 Å². The van der Waals surface area contributed by atoms with E-state index in [0.717, 1.165) is 18.4 Å². The fraction of sp³-hybridized carbons (Fsp3) is 0.455. The lowest BCUT2D eigenvalue weighted by Crippen LogP contribution is -2.08. The Bertz CT molecular complexity index is 288. The summed E-state index contributed by atoms with van der Waals surface area (Å²) in [5, 5.41) is 0. The zero-order valence-electron chi connectivity index (χ0n) is 8.34. The van der Waals surface area contributed by atoms with Crippen LogP contribution in [0.1, 0.15) is 36.1 Å². The molecule has 13 heavy (non-hydrogen) atoms. The molecule has 1 aromatic rings. The van der Waals surface area contributed by atoms with Crippen LogP contribution in [0.25, 0.3) is 0 Å². The zero-order valence-corrected chi connectivity index (χ0v) is 9.16. The van der Waals surface area contributed by atoms with Crippen LogP contribution in [0.2, 0.25) is 0 Å². The van der Waals surface area contributed by atoms with Crippen LogP contribution in [0, 0.1) is 0 Å². The lowest BCUT2D eigenvalue weighted by atomic mass is 10.1. The molecule has 0 spiro atoms. The maximum absolute atomic E-state index is 6.01. The number of hydrogen-bond donors (Lipinski definition) is 1. The molecule has 1 heterocycles. The second-order valence-electron chi connectivity index (χ2n) is 3.43. The van der Waals surface area contributed by atoms with Crippen molar-refractivity contribution in [3.05, 3.63) is 34.0 Å². The summed E-state index contributed by atoms with van der Waals surface area (Å²) in [5.41, 5.74) is 7.17. The van der Waals surface area contributed by atoms with Crippen LogP contribution in [0.4, 0.5) is 0 Å². The Morgan fingerprint density at radius 2 is 2.31 bits per heavy atom. The van der Waals surface area contributed by atoms with Crippen molar-refractivity contribution in [2.24, 2.45) is 5.73 Å². The number of thiophene rings is 1. The van der Waals surface area contributed by atoms with Crippen LogP contribution in [0.3, 0.4) is 0 Å². The van der Waals surface area contributed by atoms with E-state index >= 15 is 0 Å².